The molecule has 0 aliphatic rings. The number of thioether (sulfide) groups is 1. The fourth-order valence-electron chi connectivity index (χ4n) is 3.38. The first kappa shape index (κ1) is 22.8. The average molecular weight is 457 g/mol. The van der Waals surface area contributed by atoms with Crippen LogP contribution in [0.25, 0.3) is 11.0 Å². The zero-order valence-electron chi connectivity index (χ0n) is 19.3. The van der Waals surface area contributed by atoms with Crippen molar-refractivity contribution in [3.63, 3.8) is 0 Å². The SMILES string of the molecule is CC(=NNC(=O)c1ccc(CSc2nc3ccccc3[nH]2)cc1)c1ccc(C(C)(C)C)cc1. The van der Waals surface area contributed by atoms with Crippen molar-refractivity contribution in [2.45, 2.75) is 44.0 Å². The second-order valence-corrected chi connectivity index (χ2v) is 9.97. The van der Waals surface area contributed by atoms with Crippen LogP contribution in [0.4, 0.5) is 0 Å². The molecule has 1 heterocycles. The summed E-state index contributed by atoms with van der Waals surface area (Å²) in [7, 11) is 0. The van der Waals surface area contributed by atoms with Gasteiger partial charge in [0.1, 0.15) is 0 Å². The molecule has 0 fully saturated rings. The third-order valence-corrected chi connectivity index (χ3v) is 6.40. The lowest BCUT2D eigenvalue weighted by Gasteiger charge is -2.19. The number of aromatic amines is 1. The number of benzene rings is 3. The minimum Gasteiger partial charge on any atom is -0.333 e. The predicted octanol–water partition coefficient (Wildman–Crippen LogP) is 6.31. The first-order chi connectivity index (χ1) is 15.8. The maximum atomic E-state index is 12.5. The van der Waals surface area contributed by atoms with Crippen LogP contribution in [0.15, 0.2) is 83.1 Å². The molecule has 1 aromatic heterocycles. The van der Waals surface area contributed by atoms with Gasteiger partial charge in [0.25, 0.3) is 5.91 Å². The number of para-hydroxylation sites is 2. The summed E-state index contributed by atoms with van der Waals surface area (Å²) >= 11 is 1.64. The number of hydrazone groups is 1. The van der Waals surface area contributed by atoms with Crippen LogP contribution in [0.3, 0.4) is 0 Å². The Labute approximate surface area is 198 Å². The predicted molar refractivity (Wildman–Crippen MR) is 137 cm³/mol. The van der Waals surface area contributed by atoms with Gasteiger partial charge in [0.2, 0.25) is 0 Å². The average Bonchev–Trinajstić information content (AvgIpc) is 3.24. The number of carbonyl (C=O) groups excluding carboxylic acids is 1. The Morgan fingerprint density at radius 3 is 2.30 bits per heavy atom. The van der Waals surface area contributed by atoms with Gasteiger partial charge >= 0.3 is 0 Å². The molecule has 2 N–H and O–H groups in total. The number of aromatic nitrogens is 2. The van der Waals surface area contributed by atoms with Gasteiger partial charge in [-0.1, -0.05) is 81.1 Å². The molecule has 168 valence electrons. The molecule has 33 heavy (non-hydrogen) atoms. The quantitative estimate of drug-likeness (QED) is 0.203. The molecule has 0 aliphatic carbocycles. The summed E-state index contributed by atoms with van der Waals surface area (Å²) in [5.41, 5.74) is 9.49. The second-order valence-electron chi connectivity index (χ2n) is 9.01. The zero-order valence-corrected chi connectivity index (χ0v) is 20.2. The molecule has 4 rings (SSSR count). The maximum Gasteiger partial charge on any atom is 0.271 e. The highest BCUT2D eigenvalue weighted by Crippen LogP contribution is 2.24. The zero-order chi connectivity index (χ0) is 23.4. The van der Waals surface area contributed by atoms with Gasteiger partial charge in [-0.15, -0.1) is 0 Å². The van der Waals surface area contributed by atoms with Gasteiger partial charge in [0, 0.05) is 11.3 Å². The van der Waals surface area contributed by atoms with E-state index in [1.54, 1.807) is 11.8 Å². The molecule has 1 amide bonds. The minimum absolute atomic E-state index is 0.106. The second kappa shape index (κ2) is 9.63. The number of nitrogens with one attached hydrogen (secondary N) is 2. The molecule has 0 radical (unpaired) electrons. The summed E-state index contributed by atoms with van der Waals surface area (Å²) < 4.78 is 0. The number of hydrogen-bond acceptors (Lipinski definition) is 4. The van der Waals surface area contributed by atoms with Crippen LogP contribution in [-0.2, 0) is 11.2 Å². The minimum atomic E-state index is -0.225. The van der Waals surface area contributed by atoms with E-state index in [1.807, 2.05) is 67.6 Å². The van der Waals surface area contributed by atoms with E-state index in [2.05, 4.69) is 53.4 Å². The van der Waals surface area contributed by atoms with Crippen LogP contribution in [0.5, 0.6) is 0 Å². The van der Waals surface area contributed by atoms with E-state index < -0.39 is 0 Å². The van der Waals surface area contributed by atoms with Crippen molar-refractivity contribution in [2.24, 2.45) is 5.10 Å². The Morgan fingerprint density at radius 1 is 0.970 bits per heavy atom. The highest BCUT2D eigenvalue weighted by molar-refractivity contribution is 7.98. The molecule has 0 unspecified atom stereocenters. The van der Waals surface area contributed by atoms with Crippen molar-refractivity contribution in [3.05, 3.63) is 95.1 Å². The molecule has 0 aliphatic heterocycles. The Balaban J connectivity index is 1.33. The number of imidazole rings is 1. The first-order valence-corrected chi connectivity index (χ1v) is 11.9. The number of amides is 1. The van der Waals surface area contributed by atoms with E-state index in [9.17, 15) is 4.79 Å². The number of rotatable bonds is 6. The van der Waals surface area contributed by atoms with Crippen LogP contribution in [-0.4, -0.2) is 21.6 Å². The van der Waals surface area contributed by atoms with Crippen molar-refractivity contribution in [1.29, 1.82) is 0 Å². The molecule has 0 saturated heterocycles. The highest BCUT2D eigenvalue weighted by Gasteiger charge is 2.13. The molecule has 5 nitrogen and oxygen atoms in total. The molecule has 0 spiro atoms. The van der Waals surface area contributed by atoms with Crippen molar-refractivity contribution in [2.75, 3.05) is 0 Å². The number of carbonyl (C=O) groups is 1. The molecule has 0 saturated carbocycles. The lowest BCUT2D eigenvalue weighted by atomic mass is 9.86. The Bertz CT molecular complexity index is 1250. The molecule has 4 aromatic rings. The third kappa shape index (κ3) is 5.71. The van der Waals surface area contributed by atoms with Gasteiger partial charge in [-0.2, -0.15) is 5.10 Å². The number of fused-ring (bicyclic) bond motifs is 1. The summed E-state index contributed by atoms with van der Waals surface area (Å²) in [5, 5.41) is 5.17. The molecule has 6 heteroatoms. The van der Waals surface area contributed by atoms with Crippen molar-refractivity contribution in [3.8, 4) is 0 Å². The number of hydrogen-bond donors (Lipinski definition) is 2. The Kier molecular flexibility index (Phi) is 6.65. The highest BCUT2D eigenvalue weighted by atomic mass is 32.2. The van der Waals surface area contributed by atoms with E-state index in [1.165, 1.54) is 5.56 Å². The van der Waals surface area contributed by atoms with Gasteiger partial charge in [0.15, 0.2) is 5.16 Å². The molecular weight excluding hydrogens is 428 g/mol. The first-order valence-electron chi connectivity index (χ1n) is 10.9. The van der Waals surface area contributed by atoms with Crippen molar-refractivity contribution in [1.82, 2.24) is 15.4 Å². The summed E-state index contributed by atoms with van der Waals surface area (Å²) in [6.45, 7) is 8.45. The van der Waals surface area contributed by atoms with E-state index in [0.29, 0.717) is 5.56 Å². The summed E-state index contributed by atoms with van der Waals surface area (Å²) in [6.07, 6.45) is 0. The smallest absolute Gasteiger partial charge is 0.271 e. The molecular formula is C27H28N4OS. The number of H-pyrrole nitrogens is 1. The maximum absolute atomic E-state index is 12.5. The largest absolute Gasteiger partial charge is 0.333 e. The monoisotopic (exact) mass is 456 g/mol. The van der Waals surface area contributed by atoms with Gasteiger partial charge in [-0.25, -0.2) is 10.4 Å². The summed E-state index contributed by atoms with van der Waals surface area (Å²) in [4.78, 5) is 20.4. The fraction of sp³-hybridized carbons (Fsp3) is 0.222. The summed E-state index contributed by atoms with van der Waals surface area (Å²) in [5.74, 6) is 0.543. The van der Waals surface area contributed by atoms with Crippen LogP contribution in [0, 0.1) is 0 Å². The normalized spacial score (nSPS) is 12.2. The molecule has 3 aromatic carbocycles. The van der Waals surface area contributed by atoms with Gasteiger partial charge in [0.05, 0.1) is 16.7 Å². The lowest BCUT2D eigenvalue weighted by Crippen LogP contribution is -2.19. The Morgan fingerprint density at radius 2 is 1.64 bits per heavy atom. The lowest BCUT2D eigenvalue weighted by molar-refractivity contribution is 0.0955. The van der Waals surface area contributed by atoms with Gasteiger partial charge in [-0.05, 0) is 53.3 Å². The van der Waals surface area contributed by atoms with Gasteiger partial charge < -0.3 is 4.98 Å². The molecule has 0 atom stereocenters. The van der Waals surface area contributed by atoms with Crippen LogP contribution in [0.1, 0.15) is 54.7 Å². The van der Waals surface area contributed by atoms with E-state index >= 15 is 0 Å². The standard InChI is InChI=1S/C27H28N4OS/c1-18(20-13-15-22(16-14-20)27(2,3)4)30-31-25(32)21-11-9-19(10-12-21)17-33-26-28-23-7-5-6-8-24(23)29-26/h5-16H,17H2,1-4H3,(H,28,29)(H,31,32). The molecule has 0 bridgehead atoms. The van der Waals surface area contributed by atoms with Crippen LogP contribution < -0.4 is 5.43 Å². The van der Waals surface area contributed by atoms with Crippen LogP contribution >= 0.6 is 11.8 Å². The third-order valence-electron chi connectivity index (χ3n) is 5.45. The van der Waals surface area contributed by atoms with E-state index in [4.69, 9.17) is 0 Å². The topological polar surface area (TPSA) is 70.1 Å². The number of nitrogens with zero attached hydrogens (tertiary/aromatic N) is 2. The fourth-order valence-corrected chi connectivity index (χ4v) is 4.22. The van der Waals surface area contributed by atoms with Crippen molar-refractivity contribution < 1.29 is 4.79 Å². The van der Waals surface area contributed by atoms with Gasteiger partial charge in [-0.3, -0.25) is 4.79 Å². The van der Waals surface area contributed by atoms with E-state index in [-0.39, 0.29) is 11.3 Å². The Hall–Kier alpha value is -3.38. The van der Waals surface area contributed by atoms with Crippen LogP contribution in [0.2, 0.25) is 0 Å². The van der Waals surface area contributed by atoms with E-state index in [0.717, 1.165) is 38.8 Å². The summed E-state index contributed by atoms with van der Waals surface area (Å²) in [6, 6.07) is 23.9. The van der Waals surface area contributed by atoms with Crippen molar-refractivity contribution >= 4 is 34.4 Å².